The number of halogens is 3. The predicted octanol–water partition coefficient (Wildman–Crippen LogP) is 4.38. The molecule has 2 N–H and O–H groups in total. The van der Waals surface area contributed by atoms with E-state index in [1.807, 2.05) is 0 Å². The van der Waals surface area contributed by atoms with Gasteiger partial charge in [0.05, 0.1) is 12.3 Å². The molecule has 4 aromatic rings. The van der Waals surface area contributed by atoms with E-state index < -0.39 is 44.2 Å². The minimum Gasteiger partial charge on any atom is -0.449 e. The number of amides is 1. The van der Waals surface area contributed by atoms with Gasteiger partial charge in [0.1, 0.15) is 27.9 Å². The number of carbonyl (C=O) groups is 1. The number of nitrogens with zero attached hydrogens (tertiary/aromatic N) is 5. The fraction of sp³-hybridized carbons (Fsp3) is 0.167. The highest BCUT2D eigenvalue weighted by molar-refractivity contribution is 7.93. The highest BCUT2D eigenvalue weighted by Gasteiger charge is 2.37. The maximum atomic E-state index is 16.1. The lowest BCUT2D eigenvalue weighted by atomic mass is 10.0. The molecule has 10 nitrogen and oxygen atoms in total. The highest BCUT2D eigenvalue weighted by atomic mass is 32.2. The number of aryl methyl sites for hydroxylation is 1. The van der Waals surface area contributed by atoms with E-state index in [-0.39, 0.29) is 28.1 Å². The molecule has 0 atom stereocenters. The summed E-state index contributed by atoms with van der Waals surface area (Å²) >= 11 is 0. The van der Waals surface area contributed by atoms with Gasteiger partial charge in [-0.15, -0.1) is 0 Å². The second kappa shape index (κ2) is 10.5. The predicted molar refractivity (Wildman–Crippen MR) is 132 cm³/mol. The van der Waals surface area contributed by atoms with Crippen molar-refractivity contribution < 1.29 is 31.1 Å². The molecule has 0 radical (unpaired) electrons. The number of nitrogen functional groups attached to an aromatic ring is 1. The molecule has 14 heteroatoms. The van der Waals surface area contributed by atoms with Crippen molar-refractivity contribution in [1.82, 2.24) is 19.7 Å². The molecule has 0 saturated heterocycles. The molecule has 0 unspecified atom stereocenters. The van der Waals surface area contributed by atoms with Crippen molar-refractivity contribution in [3.8, 4) is 22.5 Å². The lowest BCUT2D eigenvalue weighted by Gasteiger charge is -2.23. The van der Waals surface area contributed by atoms with Gasteiger partial charge in [0.2, 0.25) is 5.95 Å². The van der Waals surface area contributed by atoms with E-state index in [0.717, 1.165) is 6.07 Å². The van der Waals surface area contributed by atoms with E-state index in [0.29, 0.717) is 36.0 Å². The summed E-state index contributed by atoms with van der Waals surface area (Å²) in [4.78, 5) is 19.6. The number of hydrogen-bond acceptors (Lipinski definition) is 8. The van der Waals surface area contributed by atoms with Crippen molar-refractivity contribution >= 4 is 27.8 Å². The van der Waals surface area contributed by atoms with Gasteiger partial charge in [-0.25, -0.2) is 36.4 Å². The molecule has 0 fully saturated rings. The van der Waals surface area contributed by atoms with Crippen molar-refractivity contribution in [2.45, 2.75) is 25.3 Å². The summed E-state index contributed by atoms with van der Waals surface area (Å²) in [6.07, 6.45) is 1.47. The fourth-order valence-electron chi connectivity index (χ4n) is 3.63. The minimum atomic E-state index is -5.18. The number of anilines is 2. The average Bonchev–Trinajstić information content (AvgIpc) is 3.31. The summed E-state index contributed by atoms with van der Waals surface area (Å²) in [6.45, 7) is 3.31. The lowest BCUT2D eigenvalue weighted by Crippen LogP contribution is -2.38. The molecular formula is C24H21F3N6O4S. The van der Waals surface area contributed by atoms with Gasteiger partial charge in [-0.1, -0.05) is 6.07 Å². The van der Waals surface area contributed by atoms with Gasteiger partial charge in [0, 0.05) is 30.1 Å². The standard InChI is InChI=1S/C24H21F3N6O4S/c1-3-32-13-16(18-10-11-29-23(28)30-18)22(31-32)15-6-5-7-19(21(15)27)33(24(34)37-4-2)38(35,36)20-12-14(25)8-9-17(20)26/h5-13H,3-4H2,1-2H3,(H2,28,29,30). The Kier molecular flexibility index (Phi) is 7.35. The number of benzene rings is 2. The molecule has 2 aromatic heterocycles. The largest absolute Gasteiger partial charge is 0.449 e. The third-order valence-corrected chi connectivity index (χ3v) is 7.03. The zero-order chi connectivity index (χ0) is 27.6. The molecule has 2 aromatic carbocycles. The van der Waals surface area contributed by atoms with Crippen molar-refractivity contribution in [2.24, 2.45) is 0 Å². The Bertz CT molecular complexity index is 1630. The van der Waals surface area contributed by atoms with Gasteiger partial charge < -0.3 is 10.5 Å². The van der Waals surface area contributed by atoms with Crippen LogP contribution in [-0.4, -0.2) is 40.9 Å². The molecule has 0 aliphatic carbocycles. The monoisotopic (exact) mass is 546 g/mol. The first-order valence-electron chi connectivity index (χ1n) is 11.2. The molecule has 1 amide bonds. The highest BCUT2D eigenvalue weighted by Crippen LogP contribution is 2.37. The summed E-state index contributed by atoms with van der Waals surface area (Å²) in [7, 11) is -5.18. The third-order valence-electron chi connectivity index (χ3n) is 5.33. The molecule has 2 heterocycles. The number of aromatic nitrogens is 4. The first kappa shape index (κ1) is 26.6. The minimum absolute atomic E-state index is 0.0383. The Morgan fingerprint density at radius 2 is 1.87 bits per heavy atom. The summed E-state index contributed by atoms with van der Waals surface area (Å²) in [6, 6.07) is 6.78. The number of sulfonamides is 1. The Labute approximate surface area is 215 Å². The van der Waals surface area contributed by atoms with Crippen molar-refractivity contribution in [2.75, 3.05) is 16.6 Å². The number of rotatable bonds is 7. The van der Waals surface area contributed by atoms with Crippen molar-refractivity contribution in [3.63, 3.8) is 0 Å². The Morgan fingerprint density at radius 1 is 1.11 bits per heavy atom. The SMILES string of the molecule is CCOC(=O)N(c1cccc(-c2nn(CC)cc2-c2ccnc(N)n2)c1F)S(=O)(=O)c1cc(F)ccc1F. The molecule has 0 saturated carbocycles. The second-order valence-electron chi connectivity index (χ2n) is 7.73. The van der Waals surface area contributed by atoms with Gasteiger partial charge in [0.15, 0.2) is 5.82 Å². The van der Waals surface area contributed by atoms with Crippen LogP contribution in [0.3, 0.4) is 0 Å². The molecule has 0 spiro atoms. The lowest BCUT2D eigenvalue weighted by molar-refractivity contribution is 0.164. The van der Waals surface area contributed by atoms with Crippen LogP contribution in [0.5, 0.6) is 0 Å². The fourth-order valence-corrected chi connectivity index (χ4v) is 5.06. The van der Waals surface area contributed by atoms with E-state index in [1.165, 1.54) is 36.0 Å². The van der Waals surface area contributed by atoms with Crippen molar-refractivity contribution in [3.05, 3.63) is 72.3 Å². The Hall–Kier alpha value is -4.46. The average molecular weight is 547 g/mol. The number of nitrogens with two attached hydrogens (primary N) is 1. The van der Waals surface area contributed by atoms with Crippen LogP contribution in [0, 0.1) is 17.5 Å². The van der Waals surface area contributed by atoms with Crippen LogP contribution >= 0.6 is 0 Å². The van der Waals surface area contributed by atoms with Crippen LogP contribution in [0.1, 0.15) is 13.8 Å². The van der Waals surface area contributed by atoms with E-state index in [2.05, 4.69) is 15.1 Å². The van der Waals surface area contributed by atoms with Gasteiger partial charge in [0.25, 0.3) is 10.0 Å². The van der Waals surface area contributed by atoms with Gasteiger partial charge in [-0.05, 0) is 50.2 Å². The molecule has 198 valence electrons. The first-order chi connectivity index (χ1) is 18.1. The number of ether oxygens (including phenoxy) is 1. The normalized spacial score (nSPS) is 11.4. The summed E-state index contributed by atoms with van der Waals surface area (Å²) < 4.78 is 77.6. The maximum Gasteiger partial charge on any atom is 0.428 e. The molecule has 4 rings (SSSR count). The number of hydrogen-bond donors (Lipinski definition) is 1. The van der Waals surface area contributed by atoms with Crippen LogP contribution < -0.4 is 10.0 Å². The first-order valence-corrected chi connectivity index (χ1v) is 12.6. The molecular weight excluding hydrogens is 525 g/mol. The quantitative estimate of drug-likeness (QED) is 0.361. The van der Waals surface area contributed by atoms with E-state index in [4.69, 9.17) is 10.5 Å². The summed E-state index contributed by atoms with van der Waals surface area (Å²) in [5.41, 5.74) is 5.43. The molecule has 38 heavy (non-hydrogen) atoms. The molecule has 0 aliphatic heterocycles. The zero-order valence-electron chi connectivity index (χ0n) is 20.1. The van der Waals surface area contributed by atoms with E-state index in [9.17, 15) is 22.0 Å². The molecule has 0 bridgehead atoms. The zero-order valence-corrected chi connectivity index (χ0v) is 20.9. The smallest absolute Gasteiger partial charge is 0.428 e. The van der Waals surface area contributed by atoms with Crippen LogP contribution in [0.15, 0.2) is 59.8 Å². The Balaban J connectivity index is 1.95. The third kappa shape index (κ3) is 4.89. The summed E-state index contributed by atoms with van der Waals surface area (Å²) in [5, 5.41) is 4.38. The van der Waals surface area contributed by atoms with Crippen LogP contribution in [0.2, 0.25) is 0 Å². The second-order valence-corrected chi connectivity index (χ2v) is 9.48. The number of carbonyl (C=O) groups excluding carboxylic acids is 1. The molecule has 0 aliphatic rings. The van der Waals surface area contributed by atoms with E-state index >= 15 is 4.39 Å². The van der Waals surface area contributed by atoms with Gasteiger partial charge >= 0.3 is 6.09 Å². The van der Waals surface area contributed by atoms with Crippen LogP contribution in [0.4, 0.5) is 29.6 Å². The topological polar surface area (TPSA) is 133 Å². The van der Waals surface area contributed by atoms with Gasteiger partial charge in [-0.3, -0.25) is 4.68 Å². The Morgan fingerprint density at radius 3 is 2.55 bits per heavy atom. The van der Waals surface area contributed by atoms with Crippen LogP contribution in [-0.2, 0) is 21.3 Å². The van der Waals surface area contributed by atoms with Crippen LogP contribution in [0.25, 0.3) is 22.5 Å². The summed E-state index contributed by atoms with van der Waals surface area (Å²) in [5.74, 6) is -3.65. The maximum absolute atomic E-state index is 16.1. The van der Waals surface area contributed by atoms with Crippen molar-refractivity contribution in [1.29, 1.82) is 0 Å². The van der Waals surface area contributed by atoms with Gasteiger partial charge in [-0.2, -0.15) is 9.40 Å². The van der Waals surface area contributed by atoms with E-state index in [1.54, 1.807) is 13.1 Å².